The lowest BCUT2D eigenvalue weighted by Gasteiger charge is -2.19. The third kappa shape index (κ3) is 3.60. The SMILES string of the molecule is CCNCc1ccc(S(=O)(=O)N(C)CC2CCCO2)o1. The molecule has 1 N–H and O–H groups in total. The third-order valence-corrected chi connectivity index (χ3v) is 5.03. The van der Waals surface area contributed by atoms with E-state index in [-0.39, 0.29) is 11.2 Å². The number of nitrogens with one attached hydrogen (secondary N) is 1. The van der Waals surface area contributed by atoms with Gasteiger partial charge in [-0.25, -0.2) is 8.42 Å². The largest absolute Gasteiger partial charge is 0.447 e. The molecule has 1 aromatic heterocycles. The minimum atomic E-state index is -3.57. The Kier molecular flexibility index (Phi) is 5.20. The van der Waals surface area contributed by atoms with Crippen LogP contribution in [0.25, 0.3) is 0 Å². The Morgan fingerprint density at radius 3 is 2.90 bits per heavy atom. The highest BCUT2D eigenvalue weighted by Crippen LogP contribution is 2.20. The van der Waals surface area contributed by atoms with Crippen LogP contribution in [0.5, 0.6) is 0 Å². The molecule has 114 valence electrons. The van der Waals surface area contributed by atoms with E-state index < -0.39 is 10.0 Å². The summed E-state index contributed by atoms with van der Waals surface area (Å²) in [6.07, 6.45) is 1.89. The van der Waals surface area contributed by atoms with Crippen LogP contribution >= 0.6 is 0 Å². The molecule has 1 fully saturated rings. The van der Waals surface area contributed by atoms with Gasteiger partial charge < -0.3 is 14.5 Å². The summed E-state index contributed by atoms with van der Waals surface area (Å²) in [4.78, 5) is 0. The van der Waals surface area contributed by atoms with Crippen LogP contribution < -0.4 is 5.32 Å². The van der Waals surface area contributed by atoms with Gasteiger partial charge in [-0.2, -0.15) is 4.31 Å². The first-order chi connectivity index (χ1) is 9.54. The molecular weight excluding hydrogens is 280 g/mol. The fourth-order valence-corrected chi connectivity index (χ4v) is 3.29. The minimum absolute atomic E-state index is 0.00837. The number of hydrogen-bond acceptors (Lipinski definition) is 5. The first kappa shape index (κ1) is 15.5. The second-order valence-electron chi connectivity index (χ2n) is 4.92. The lowest BCUT2D eigenvalue weighted by molar-refractivity contribution is 0.0975. The molecule has 1 aromatic rings. The highest BCUT2D eigenvalue weighted by atomic mass is 32.2. The highest BCUT2D eigenvalue weighted by molar-refractivity contribution is 7.89. The van der Waals surface area contributed by atoms with Crippen molar-refractivity contribution in [1.82, 2.24) is 9.62 Å². The second-order valence-corrected chi connectivity index (χ2v) is 6.90. The number of nitrogens with zero attached hydrogens (tertiary/aromatic N) is 1. The summed E-state index contributed by atoms with van der Waals surface area (Å²) in [6.45, 7) is 4.40. The van der Waals surface area contributed by atoms with Crippen molar-refractivity contribution in [3.05, 3.63) is 17.9 Å². The van der Waals surface area contributed by atoms with E-state index in [0.717, 1.165) is 19.4 Å². The lowest BCUT2D eigenvalue weighted by Crippen LogP contribution is -2.33. The van der Waals surface area contributed by atoms with Gasteiger partial charge in [0.25, 0.3) is 10.0 Å². The van der Waals surface area contributed by atoms with E-state index in [9.17, 15) is 8.42 Å². The van der Waals surface area contributed by atoms with Crippen molar-refractivity contribution in [3.63, 3.8) is 0 Å². The molecule has 0 radical (unpaired) electrons. The smallest absolute Gasteiger partial charge is 0.276 e. The molecule has 1 aliphatic heterocycles. The molecule has 0 spiro atoms. The fourth-order valence-electron chi connectivity index (χ4n) is 2.17. The molecule has 6 nitrogen and oxygen atoms in total. The van der Waals surface area contributed by atoms with Gasteiger partial charge >= 0.3 is 0 Å². The molecule has 2 rings (SSSR count). The van der Waals surface area contributed by atoms with Gasteiger partial charge in [0.15, 0.2) is 0 Å². The van der Waals surface area contributed by atoms with Crippen molar-refractivity contribution in [3.8, 4) is 0 Å². The molecule has 0 aliphatic carbocycles. The average Bonchev–Trinajstić information content (AvgIpc) is 3.07. The van der Waals surface area contributed by atoms with E-state index in [1.54, 1.807) is 13.1 Å². The van der Waals surface area contributed by atoms with Gasteiger partial charge in [-0.1, -0.05) is 6.92 Å². The maximum absolute atomic E-state index is 12.4. The molecule has 0 aromatic carbocycles. The second kappa shape index (κ2) is 6.71. The van der Waals surface area contributed by atoms with Crippen LogP contribution in [-0.2, 0) is 21.3 Å². The Hall–Kier alpha value is -0.890. The van der Waals surface area contributed by atoms with Crippen molar-refractivity contribution in [1.29, 1.82) is 0 Å². The Labute approximate surface area is 120 Å². The van der Waals surface area contributed by atoms with Gasteiger partial charge in [-0.3, -0.25) is 0 Å². The number of sulfonamides is 1. The summed E-state index contributed by atoms with van der Waals surface area (Å²) in [5.41, 5.74) is 0. The first-order valence-electron chi connectivity index (χ1n) is 6.91. The van der Waals surface area contributed by atoms with Crippen LogP contribution in [0.1, 0.15) is 25.5 Å². The number of rotatable bonds is 7. The summed E-state index contributed by atoms with van der Waals surface area (Å²) in [7, 11) is -2.01. The Morgan fingerprint density at radius 2 is 2.25 bits per heavy atom. The topological polar surface area (TPSA) is 71.8 Å². The molecular formula is C13H22N2O4S. The van der Waals surface area contributed by atoms with Crippen molar-refractivity contribution < 1.29 is 17.6 Å². The maximum atomic E-state index is 12.4. The van der Waals surface area contributed by atoms with E-state index >= 15 is 0 Å². The Balaban J connectivity index is 2.02. The molecule has 1 aliphatic rings. The van der Waals surface area contributed by atoms with Crippen LogP contribution in [0.4, 0.5) is 0 Å². The number of furan rings is 1. The van der Waals surface area contributed by atoms with Crippen LogP contribution in [-0.4, -0.2) is 45.6 Å². The third-order valence-electron chi connectivity index (χ3n) is 3.34. The standard InChI is InChI=1S/C13H22N2O4S/c1-3-14-9-11-6-7-13(19-11)20(16,17)15(2)10-12-5-4-8-18-12/h6-7,12,14H,3-5,8-10H2,1-2H3. The Bertz CT molecular complexity index is 520. The van der Waals surface area contributed by atoms with Crippen LogP contribution in [0.15, 0.2) is 21.6 Å². The Morgan fingerprint density at radius 1 is 1.45 bits per heavy atom. The van der Waals surface area contributed by atoms with Crippen molar-refractivity contribution in [2.24, 2.45) is 0 Å². The number of likely N-dealkylation sites (N-methyl/N-ethyl adjacent to an activating group) is 1. The zero-order valence-electron chi connectivity index (χ0n) is 12.0. The van der Waals surface area contributed by atoms with E-state index in [0.29, 0.717) is 25.5 Å². The van der Waals surface area contributed by atoms with Gasteiger partial charge in [0.05, 0.1) is 12.6 Å². The van der Waals surface area contributed by atoms with Crippen molar-refractivity contribution in [2.75, 3.05) is 26.7 Å². The fraction of sp³-hybridized carbons (Fsp3) is 0.692. The minimum Gasteiger partial charge on any atom is -0.447 e. The molecule has 0 saturated carbocycles. The molecule has 1 atom stereocenters. The predicted molar refractivity (Wildman–Crippen MR) is 74.9 cm³/mol. The normalized spacial score (nSPS) is 19.9. The first-order valence-corrected chi connectivity index (χ1v) is 8.35. The quantitative estimate of drug-likeness (QED) is 0.819. The monoisotopic (exact) mass is 302 g/mol. The summed E-state index contributed by atoms with van der Waals surface area (Å²) < 4.78 is 36.9. The van der Waals surface area contributed by atoms with Gasteiger partial charge in [-0.05, 0) is 31.5 Å². The van der Waals surface area contributed by atoms with Gasteiger partial charge in [0, 0.05) is 20.2 Å². The summed E-state index contributed by atoms with van der Waals surface area (Å²) >= 11 is 0. The lowest BCUT2D eigenvalue weighted by atomic mass is 10.2. The molecule has 1 saturated heterocycles. The molecule has 0 amide bonds. The van der Waals surface area contributed by atoms with Gasteiger partial charge in [0.2, 0.25) is 5.09 Å². The zero-order valence-corrected chi connectivity index (χ0v) is 12.8. The average molecular weight is 302 g/mol. The molecule has 0 bridgehead atoms. The van der Waals surface area contributed by atoms with E-state index in [1.165, 1.54) is 10.4 Å². The molecule has 1 unspecified atom stereocenters. The maximum Gasteiger partial charge on any atom is 0.276 e. The summed E-state index contributed by atoms with van der Waals surface area (Å²) in [6, 6.07) is 3.20. The predicted octanol–water partition coefficient (Wildman–Crippen LogP) is 1.19. The number of ether oxygens (including phenoxy) is 1. The number of hydrogen-bond donors (Lipinski definition) is 1. The molecule has 2 heterocycles. The van der Waals surface area contributed by atoms with Crippen LogP contribution in [0.3, 0.4) is 0 Å². The van der Waals surface area contributed by atoms with Gasteiger partial charge in [-0.15, -0.1) is 0 Å². The van der Waals surface area contributed by atoms with Crippen LogP contribution in [0, 0.1) is 0 Å². The van der Waals surface area contributed by atoms with E-state index in [4.69, 9.17) is 9.15 Å². The molecule has 20 heavy (non-hydrogen) atoms. The highest BCUT2D eigenvalue weighted by Gasteiger charge is 2.28. The summed E-state index contributed by atoms with van der Waals surface area (Å²) in [5.74, 6) is 0.621. The van der Waals surface area contributed by atoms with E-state index in [2.05, 4.69) is 5.32 Å². The van der Waals surface area contributed by atoms with Gasteiger partial charge in [0.1, 0.15) is 5.76 Å². The van der Waals surface area contributed by atoms with E-state index in [1.807, 2.05) is 6.92 Å². The van der Waals surface area contributed by atoms with Crippen LogP contribution in [0.2, 0.25) is 0 Å². The molecule has 7 heteroatoms. The summed E-state index contributed by atoms with van der Waals surface area (Å²) in [5, 5.41) is 3.09. The van der Waals surface area contributed by atoms with Crippen molar-refractivity contribution in [2.45, 2.75) is 37.5 Å². The zero-order chi connectivity index (χ0) is 14.6. The van der Waals surface area contributed by atoms with Crippen molar-refractivity contribution >= 4 is 10.0 Å².